The second-order valence-electron chi connectivity index (χ2n) is 10.3. The number of nitrogens with zero attached hydrogens (tertiary/aromatic N) is 5. The molecular weight excluding hydrogens is 573 g/mol. The molecule has 2 aromatic rings. The summed E-state index contributed by atoms with van der Waals surface area (Å²) in [7, 11) is 2.07. The van der Waals surface area contributed by atoms with Gasteiger partial charge in [-0.3, -0.25) is 9.89 Å². The molecule has 0 radical (unpaired) electrons. The molecule has 1 fully saturated rings. The Hall–Kier alpha value is -3.11. The highest BCUT2D eigenvalue weighted by Crippen LogP contribution is 2.36. The zero-order valence-corrected chi connectivity index (χ0v) is 24.7. The summed E-state index contributed by atoms with van der Waals surface area (Å²) in [5, 5.41) is 7.27. The van der Waals surface area contributed by atoms with Gasteiger partial charge in [-0.05, 0) is 55.8 Å². The van der Waals surface area contributed by atoms with Crippen molar-refractivity contribution in [1.82, 2.24) is 29.5 Å². The van der Waals surface area contributed by atoms with Gasteiger partial charge in [0.2, 0.25) is 0 Å². The highest BCUT2D eigenvalue weighted by molar-refractivity contribution is 6.40. The number of halogens is 3. The van der Waals surface area contributed by atoms with Gasteiger partial charge < -0.3 is 15.1 Å². The van der Waals surface area contributed by atoms with Crippen LogP contribution >= 0.6 is 34.8 Å². The first-order valence-corrected chi connectivity index (χ1v) is 14.2. The number of benzene rings is 2. The molecule has 0 unspecified atom stereocenters. The Kier molecular flexibility index (Phi) is 8.37. The fourth-order valence-electron chi connectivity index (χ4n) is 4.85. The summed E-state index contributed by atoms with van der Waals surface area (Å²) < 4.78 is 1.62. The quantitative estimate of drug-likeness (QED) is 0.296. The van der Waals surface area contributed by atoms with Gasteiger partial charge in [-0.25, -0.2) is 14.5 Å². The molecule has 1 saturated heterocycles. The van der Waals surface area contributed by atoms with Crippen LogP contribution in [-0.4, -0.2) is 68.8 Å². The van der Waals surface area contributed by atoms with Gasteiger partial charge in [0, 0.05) is 36.8 Å². The molecule has 210 valence electrons. The Morgan fingerprint density at radius 3 is 2.40 bits per heavy atom. The van der Waals surface area contributed by atoms with Gasteiger partial charge in [0.1, 0.15) is 17.1 Å². The van der Waals surface area contributed by atoms with Crippen molar-refractivity contribution in [3.63, 3.8) is 0 Å². The number of nitrogens with one attached hydrogen (secondary N) is 2. The number of anilines is 1. The molecule has 3 aliphatic heterocycles. The van der Waals surface area contributed by atoms with Crippen molar-refractivity contribution in [2.45, 2.75) is 32.6 Å². The van der Waals surface area contributed by atoms with Crippen molar-refractivity contribution in [3.05, 3.63) is 78.9 Å². The number of aromatic amines is 1. The van der Waals surface area contributed by atoms with Gasteiger partial charge in [-0.15, -0.1) is 0 Å². The van der Waals surface area contributed by atoms with Crippen LogP contribution in [0.3, 0.4) is 0 Å². The summed E-state index contributed by atoms with van der Waals surface area (Å²) >= 11 is 19.2. The molecule has 0 bridgehead atoms. The number of hydrogen-bond acceptors (Lipinski definition) is 5. The van der Waals surface area contributed by atoms with E-state index in [1.54, 1.807) is 16.8 Å². The topological polar surface area (TPSA) is 99.2 Å². The van der Waals surface area contributed by atoms with Crippen LogP contribution in [0.5, 0.6) is 0 Å². The van der Waals surface area contributed by atoms with E-state index in [-0.39, 0.29) is 17.5 Å². The summed E-state index contributed by atoms with van der Waals surface area (Å²) in [6, 6.07) is 10.5. The molecule has 40 heavy (non-hydrogen) atoms. The summed E-state index contributed by atoms with van der Waals surface area (Å²) in [5.41, 5.74) is 2.73. The Morgan fingerprint density at radius 1 is 1.02 bits per heavy atom. The first-order chi connectivity index (χ1) is 19.1. The predicted octanol–water partition coefficient (Wildman–Crippen LogP) is 5.90. The second-order valence-corrected chi connectivity index (χ2v) is 11.6. The predicted molar refractivity (Wildman–Crippen MR) is 160 cm³/mol. The van der Waals surface area contributed by atoms with E-state index in [1.165, 1.54) is 0 Å². The summed E-state index contributed by atoms with van der Waals surface area (Å²) in [4.78, 5) is 39.1. The van der Waals surface area contributed by atoms with E-state index in [4.69, 9.17) is 39.8 Å². The van der Waals surface area contributed by atoms with Crippen LogP contribution in [0.4, 0.5) is 10.5 Å². The number of fused-ring (bicyclic) bond motifs is 1. The third-order valence-electron chi connectivity index (χ3n) is 6.97. The summed E-state index contributed by atoms with van der Waals surface area (Å²) in [5.74, 6) is 0.734. The molecule has 2 N–H and O–H groups in total. The lowest BCUT2D eigenvalue weighted by Crippen LogP contribution is -2.37. The first kappa shape index (κ1) is 28.4. The first-order valence-electron chi connectivity index (χ1n) is 13.1. The third-order valence-corrected chi connectivity index (χ3v) is 7.77. The number of hydrogen-bond donors (Lipinski definition) is 2. The van der Waals surface area contributed by atoms with E-state index in [2.05, 4.69) is 27.3 Å². The van der Waals surface area contributed by atoms with Crippen LogP contribution in [0.2, 0.25) is 15.1 Å². The van der Waals surface area contributed by atoms with E-state index in [9.17, 15) is 9.59 Å². The molecular formula is C28H30Cl3N7O2. The number of amides is 2. The molecule has 0 aliphatic carbocycles. The van der Waals surface area contributed by atoms with Crippen molar-refractivity contribution in [1.29, 1.82) is 0 Å². The van der Waals surface area contributed by atoms with Gasteiger partial charge in [-0.1, -0.05) is 60.8 Å². The number of urea groups is 1. The van der Waals surface area contributed by atoms with E-state index in [0.29, 0.717) is 62.3 Å². The lowest BCUT2D eigenvalue weighted by Gasteiger charge is -2.21. The van der Waals surface area contributed by atoms with E-state index in [1.807, 2.05) is 43.0 Å². The monoisotopic (exact) mass is 601 g/mol. The van der Waals surface area contributed by atoms with Crippen LogP contribution in [0, 0.1) is 0 Å². The SMILES string of the molecule is CC(C)c1[nH]n(-c2c(Cl)cc(Cl)cc2Cl)c2nc(Cc3ccc(NC(=O)N4CCCN(C)CC4)cc3)nc(=O)c1-2. The van der Waals surface area contributed by atoms with Crippen molar-refractivity contribution < 1.29 is 4.79 Å². The highest BCUT2D eigenvalue weighted by atomic mass is 35.5. The average Bonchev–Trinajstić information content (AvgIpc) is 3.12. The lowest BCUT2D eigenvalue weighted by atomic mass is 10.1. The zero-order valence-electron chi connectivity index (χ0n) is 22.5. The fraction of sp³-hybridized carbons (Fsp3) is 0.357. The number of likely N-dealkylation sites (N-methyl/N-ethyl adjacent to an activating group) is 1. The number of rotatable bonds is 5. The smallest absolute Gasteiger partial charge is 0.321 e. The number of carbonyl (C=O) groups excluding carboxylic acids is 1. The van der Waals surface area contributed by atoms with Crippen molar-refractivity contribution in [2.75, 3.05) is 38.5 Å². The molecule has 12 heteroatoms. The van der Waals surface area contributed by atoms with Gasteiger partial charge in [0.05, 0.1) is 15.7 Å². The molecule has 0 atom stereocenters. The van der Waals surface area contributed by atoms with Crippen LogP contribution in [0.1, 0.15) is 43.3 Å². The summed E-state index contributed by atoms with van der Waals surface area (Å²) in [6.45, 7) is 7.21. The van der Waals surface area contributed by atoms with Crippen LogP contribution in [0.15, 0.2) is 41.2 Å². The van der Waals surface area contributed by atoms with E-state index >= 15 is 0 Å². The van der Waals surface area contributed by atoms with E-state index in [0.717, 1.165) is 31.6 Å². The van der Waals surface area contributed by atoms with Crippen molar-refractivity contribution >= 4 is 46.5 Å². The van der Waals surface area contributed by atoms with Gasteiger partial charge in [0.25, 0.3) is 5.56 Å². The molecule has 0 spiro atoms. The van der Waals surface area contributed by atoms with E-state index < -0.39 is 0 Å². The average molecular weight is 603 g/mol. The molecule has 9 nitrogen and oxygen atoms in total. The molecule has 2 amide bonds. The molecule has 2 aromatic carbocycles. The second kappa shape index (κ2) is 11.8. The lowest BCUT2D eigenvalue weighted by molar-refractivity contribution is 0.213. The third kappa shape index (κ3) is 5.98. The summed E-state index contributed by atoms with van der Waals surface area (Å²) in [6.07, 6.45) is 1.27. The standard InChI is InChI=1S/C28H30Cl3N7O2/c1-16(2)24-23-26(38(35-24)25-20(30)14-18(29)15-21(25)31)33-22(34-27(23)39)13-17-5-7-19(8-6-17)32-28(40)37-10-4-9-36(3)11-12-37/h5-8,14-16,35H,4,9-13H2,1-3H3,(H,32,40). The van der Waals surface area contributed by atoms with Crippen LogP contribution < -0.4 is 10.9 Å². The maximum atomic E-state index is 13.2. The Balaban J connectivity index is 1.41. The van der Waals surface area contributed by atoms with Gasteiger partial charge in [0.15, 0.2) is 5.82 Å². The Labute approximate surface area is 247 Å². The van der Waals surface area contributed by atoms with Gasteiger partial charge in [-0.2, -0.15) is 4.98 Å². The highest BCUT2D eigenvalue weighted by Gasteiger charge is 2.27. The number of carbonyl (C=O) groups is 1. The normalized spacial score (nSPS) is 14.6. The minimum atomic E-state index is -0.383. The number of aromatic nitrogens is 4. The van der Waals surface area contributed by atoms with Gasteiger partial charge >= 0.3 is 6.03 Å². The fourth-order valence-corrected chi connectivity index (χ4v) is 5.83. The van der Waals surface area contributed by atoms with Crippen molar-refractivity contribution in [2.24, 2.45) is 0 Å². The van der Waals surface area contributed by atoms with Crippen LogP contribution in [0.25, 0.3) is 17.1 Å². The zero-order chi connectivity index (χ0) is 28.6. The molecule has 3 aliphatic rings. The maximum Gasteiger partial charge on any atom is 0.321 e. The number of H-pyrrole nitrogens is 1. The molecule has 5 rings (SSSR count). The van der Waals surface area contributed by atoms with Crippen molar-refractivity contribution in [3.8, 4) is 17.1 Å². The Bertz CT molecular complexity index is 1540. The van der Waals surface area contributed by atoms with Crippen LogP contribution in [-0.2, 0) is 6.42 Å². The minimum Gasteiger partial charge on any atom is -0.323 e. The molecule has 3 heterocycles. The Morgan fingerprint density at radius 2 is 1.73 bits per heavy atom. The molecule has 0 aromatic heterocycles. The maximum absolute atomic E-state index is 13.2. The minimum absolute atomic E-state index is 0.00581. The molecule has 0 saturated carbocycles. The largest absolute Gasteiger partial charge is 0.323 e.